The van der Waals surface area contributed by atoms with Crippen molar-refractivity contribution in [2.45, 2.75) is 20.0 Å². The van der Waals surface area contributed by atoms with Gasteiger partial charge < -0.3 is 18.9 Å². The molecule has 0 N–H and O–H groups in total. The summed E-state index contributed by atoms with van der Waals surface area (Å²) in [7, 11) is 2.12. The van der Waals surface area contributed by atoms with Crippen molar-refractivity contribution in [2.75, 3.05) is 21.6 Å². The molecule has 4 heterocycles. The third-order valence-corrected chi connectivity index (χ3v) is 6.43. The highest BCUT2D eigenvalue weighted by Gasteiger charge is 2.46. The van der Waals surface area contributed by atoms with Gasteiger partial charge in [0.1, 0.15) is 5.58 Å². The fourth-order valence-electron chi connectivity index (χ4n) is 5.12. The molecule has 2 aromatic heterocycles. The number of benzene rings is 2. The van der Waals surface area contributed by atoms with Gasteiger partial charge in [0.05, 0.1) is 11.9 Å². The first-order chi connectivity index (χ1) is 15.1. The van der Waals surface area contributed by atoms with E-state index >= 15 is 0 Å². The average Bonchev–Trinajstić information content (AvgIpc) is 3.30. The van der Waals surface area contributed by atoms with Crippen LogP contribution in [-0.2, 0) is 0 Å². The number of anilines is 4. The van der Waals surface area contributed by atoms with Crippen molar-refractivity contribution in [2.24, 2.45) is 0 Å². The molecule has 0 saturated heterocycles. The van der Waals surface area contributed by atoms with Crippen LogP contribution in [-0.4, -0.2) is 25.2 Å². The Labute approximate surface area is 182 Å². The third-order valence-electron chi connectivity index (χ3n) is 6.43. The van der Waals surface area contributed by atoms with E-state index < -0.39 is 0 Å². The van der Waals surface area contributed by atoms with E-state index in [9.17, 15) is 0 Å². The number of hydrogen-bond acceptors (Lipinski definition) is 5. The number of pyridine rings is 1. The summed E-state index contributed by atoms with van der Waals surface area (Å²) in [5.41, 5.74) is 5.62. The van der Waals surface area contributed by atoms with E-state index in [1.54, 1.807) is 0 Å². The average molecular weight is 406 g/mol. The van der Waals surface area contributed by atoms with Gasteiger partial charge in [-0.05, 0) is 51.2 Å². The van der Waals surface area contributed by atoms with Crippen LogP contribution in [0.4, 0.5) is 23.1 Å². The Bertz CT molecular complexity index is 1320. The second kappa shape index (κ2) is 6.67. The van der Waals surface area contributed by atoms with E-state index in [0.29, 0.717) is 0 Å². The van der Waals surface area contributed by atoms with E-state index in [0.717, 1.165) is 39.6 Å². The molecule has 152 valence electrons. The molecule has 5 nitrogen and oxygen atoms in total. The second-order valence-electron chi connectivity index (χ2n) is 8.28. The zero-order chi connectivity index (χ0) is 21.1. The highest BCUT2D eigenvalue weighted by Crippen LogP contribution is 2.46. The van der Waals surface area contributed by atoms with Crippen LogP contribution < -0.4 is 14.5 Å². The zero-order valence-electron chi connectivity index (χ0n) is 17.9. The summed E-state index contributed by atoms with van der Waals surface area (Å²) in [5.74, 6) is 1.89. The van der Waals surface area contributed by atoms with Crippen molar-refractivity contribution in [1.29, 1.82) is 0 Å². The molecule has 0 radical (unpaired) electrons. The molecule has 2 aliphatic rings. The normalized spacial score (nSPS) is 17.8. The summed E-state index contributed by atoms with van der Waals surface area (Å²) < 4.78 is 6.30. The summed E-state index contributed by atoms with van der Waals surface area (Å²) in [4.78, 5) is 11.8. The highest BCUT2D eigenvalue weighted by atomic mass is 16.4. The fraction of sp³-hybridized carbons (Fsp3) is 0.160. The Kier molecular flexibility index (Phi) is 3.90. The van der Waals surface area contributed by atoms with Crippen molar-refractivity contribution >= 4 is 47.1 Å². The number of nitrogens with zero attached hydrogens (tertiary/aromatic N) is 4. The molecule has 4 aromatic rings. The Hall–Kier alpha value is -3.67. The summed E-state index contributed by atoms with van der Waals surface area (Å²) >= 11 is 0. The minimum absolute atomic E-state index is 0.0275. The van der Waals surface area contributed by atoms with Crippen molar-refractivity contribution in [3.63, 3.8) is 0 Å². The van der Waals surface area contributed by atoms with Gasteiger partial charge in [-0.2, -0.15) is 0 Å². The lowest BCUT2D eigenvalue weighted by Crippen LogP contribution is -2.58. The lowest BCUT2D eigenvalue weighted by atomic mass is 9.61. The number of aromatic nitrogens is 1. The molecule has 2 aromatic carbocycles. The largest absolute Gasteiger partial charge is 0.441 e. The molecule has 0 amide bonds. The number of allylic oxidation sites excluding steroid dienone is 1. The lowest BCUT2D eigenvalue weighted by molar-refractivity contribution is 0.617. The monoisotopic (exact) mass is 406 g/mol. The molecule has 0 unspecified atom stereocenters. The van der Waals surface area contributed by atoms with E-state index in [1.807, 2.05) is 30.5 Å². The number of rotatable bonds is 2. The molecule has 0 saturated carbocycles. The van der Waals surface area contributed by atoms with Crippen LogP contribution in [0.1, 0.15) is 19.4 Å². The third kappa shape index (κ3) is 2.54. The van der Waals surface area contributed by atoms with Crippen LogP contribution in [0.3, 0.4) is 0 Å². The highest BCUT2D eigenvalue weighted by molar-refractivity contribution is 6.76. The maximum atomic E-state index is 6.30. The maximum Gasteiger partial charge on any atom is 0.410 e. The molecule has 0 fully saturated rings. The molecule has 31 heavy (non-hydrogen) atoms. The minimum atomic E-state index is 0.0275. The molecule has 0 spiro atoms. The van der Waals surface area contributed by atoms with Gasteiger partial charge in [0.2, 0.25) is 0 Å². The van der Waals surface area contributed by atoms with Crippen LogP contribution in [0.5, 0.6) is 0 Å². The zero-order valence-corrected chi connectivity index (χ0v) is 17.9. The van der Waals surface area contributed by atoms with Crippen LogP contribution in [0.25, 0.3) is 17.0 Å². The summed E-state index contributed by atoms with van der Waals surface area (Å²) in [6.07, 6.45) is 4.24. The molecule has 6 heteroatoms. The summed E-state index contributed by atoms with van der Waals surface area (Å²) in [6, 6.07) is 22.9. The maximum absolute atomic E-state index is 6.30. The van der Waals surface area contributed by atoms with Crippen molar-refractivity contribution in [3.8, 4) is 0 Å². The smallest absolute Gasteiger partial charge is 0.410 e. The van der Waals surface area contributed by atoms with Gasteiger partial charge in [0.15, 0.2) is 11.7 Å². The SMILES string of the molecule is CC1=Cc2c(oc3ccccc23)N(C)B1N1c2cccnc2N(c2ccccc2)[C@@H]1C. The molecular formula is C25H23BN4O. The van der Waals surface area contributed by atoms with Gasteiger partial charge in [-0.25, -0.2) is 4.98 Å². The minimum Gasteiger partial charge on any atom is -0.441 e. The summed E-state index contributed by atoms with van der Waals surface area (Å²) in [5, 5.41) is 1.16. The fourth-order valence-corrected chi connectivity index (χ4v) is 5.12. The van der Waals surface area contributed by atoms with Gasteiger partial charge >= 0.3 is 6.98 Å². The number of para-hydroxylation sites is 2. The van der Waals surface area contributed by atoms with Crippen molar-refractivity contribution in [1.82, 2.24) is 4.98 Å². The Morgan fingerprint density at radius 3 is 2.58 bits per heavy atom. The predicted octanol–water partition coefficient (Wildman–Crippen LogP) is 5.71. The molecule has 2 aliphatic heterocycles. The Morgan fingerprint density at radius 2 is 1.74 bits per heavy atom. The number of hydrogen-bond donors (Lipinski definition) is 0. The molecule has 0 bridgehead atoms. The summed E-state index contributed by atoms with van der Waals surface area (Å²) in [6.45, 7) is 4.48. The number of furan rings is 1. The Balaban J connectivity index is 1.49. The van der Waals surface area contributed by atoms with Crippen LogP contribution in [0, 0.1) is 0 Å². The van der Waals surface area contributed by atoms with Crippen molar-refractivity contribution in [3.05, 3.63) is 84.0 Å². The Morgan fingerprint density at radius 1 is 0.968 bits per heavy atom. The molecular weight excluding hydrogens is 383 g/mol. The molecule has 1 atom stereocenters. The quantitative estimate of drug-likeness (QED) is 0.399. The number of fused-ring (bicyclic) bond motifs is 4. The van der Waals surface area contributed by atoms with Crippen LogP contribution in [0.2, 0.25) is 0 Å². The molecule has 6 rings (SSSR count). The topological polar surface area (TPSA) is 35.8 Å². The van der Waals surface area contributed by atoms with Gasteiger partial charge in [-0.3, -0.25) is 0 Å². The molecule has 0 aliphatic carbocycles. The first kappa shape index (κ1) is 18.1. The second-order valence-corrected chi connectivity index (χ2v) is 8.28. The van der Waals surface area contributed by atoms with Crippen LogP contribution >= 0.6 is 0 Å². The van der Waals surface area contributed by atoms with E-state index in [-0.39, 0.29) is 13.1 Å². The van der Waals surface area contributed by atoms with Gasteiger partial charge in [0.25, 0.3) is 0 Å². The van der Waals surface area contributed by atoms with E-state index in [2.05, 4.69) is 84.0 Å². The first-order valence-corrected chi connectivity index (χ1v) is 10.7. The van der Waals surface area contributed by atoms with E-state index in [1.165, 1.54) is 5.47 Å². The van der Waals surface area contributed by atoms with Gasteiger partial charge in [0, 0.05) is 22.8 Å². The van der Waals surface area contributed by atoms with Gasteiger partial charge in [-0.1, -0.05) is 47.9 Å². The lowest BCUT2D eigenvalue weighted by Gasteiger charge is -2.40. The standard InChI is InChI=1S/C25H23BN4O/c1-17-16-21-20-12-7-8-14-23(20)31-25(21)28(3)26(17)30-18(2)29(19-10-5-4-6-11-19)24-22(30)13-9-15-27-24/h4-16,18H,1-3H3/t18-/m0/s1. The van der Waals surface area contributed by atoms with Crippen molar-refractivity contribution < 1.29 is 4.42 Å². The van der Waals surface area contributed by atoms with Gasteiger partial charge in [-0.15, -0.1) is 0 Å². The van der Waals surface area contributed by atoms with Crippen LogP contribution in [0.15, 0.2) is 82.8 Å². The first-order valence-electron chi connectivity index (χ1n) is 10.7. The predicted molar refractivity (Wildman–Crippen MR) is 129 cm³/mol. The van der Waals surface area contributed by atoms with E-state index in [4.69, 9.17) is 9.40 Å².